The van der Waals surface area contributed by atoms with E-state index in [0.717, 1.165) is 44.6 Å². The van der Waals surface area contributed by atoms with Crippen molar-refractivity contribution >= 4 is 60.8 Å². The molecule has 61 heavy (non-hydrogen) atoms. The van der Waals surface area contributed by atoms with Crippen molar-refractivity contribution in [2.75, 3.05) is 4.90 Å². The Hall–Kier alpha value is -7.62. The Balaban J connectivity index is 1.07. The third-order valence-electron chi connectivity index (χ3n) is 13.1. The predicted octanol–water partition coefficient (Wildman–Crippen LogP) is 16.1. The molecule has 0 radical (unpaired) electrons. The average molecular weight is 783 g/mol. The lowest BCUT2D eigenvalue weighted by Gasteiger charge is -2.29. The van der Waals surface area contributed by atoms with Crippen molar-refractivity contribution in [2.24, 2.45) is 0 Å². The SMILES string of the molecule is Cc1ccc(-n2c3ccccc3c3cc(-c4ccc5oc6cccc(N(c7ccc(-c8ccccc8)cc7)c7cccc8c7-c7ccccc7C8(C)C)c6c5c4)ccc32)cc1. The maximum Gasteiger partial charge on any atom is 0.137 e. The monoisotopic (exact) mass is 782 g/mol. The molecule has 0 saturated carbocycles. The Morgan fingerprint density at radius 2 is 1.10 bits per heavy atom. The third kappa shape index (κ3) is 5.44. The quantitative estimate of drug-likeness (QED) is 0.168. The highest BCUT2D eigenvalue weighted by Gasteiger charge is 2.38. The summed E-state index contributed by atoms with van der Waals surface area (Å²) in [5.74, 6) is 0. The summed E-state index contributed by atoms with van der Waals surface area (Å²) < 4.78 is 9.11. The first-order valence-electron chi connectivity index (χ1n) is 21.2. The lowest BCUT2D eigenvalue weighted by molar-refractivity contribution is 0.660. The van der Waals surface area contributed by atoms with Gasteiger partial charge in [0, 0.05) is 38.5 Å². The van der Waals surface area contributed by atoms with Gasteiger partial charge in [-0.05, 0) is 119 Å². The molecule has 1 aliphatic rings. The van der Waals surface area contributed by atoms with Gasteiger partial charge in [0.25, 0.3) is 0 Å². The van der Waals surface area contributed by atoms with E-state index in [1.807, 2.05) is 0 Å². The summed E-state index contributed by atoms with van der Waals surface area (Å²) in [6.07, 6.45) is 0. The maximum atomic E-state index is 6.72. The zero-order valence-electron chi connectivity index (χ0n) is 34.4. The van der Waals surface area contributed by atoms with Gasteiger partial charge in [0.15, 0.2) is 0 Å². The minimum absolute atomic E-state index is 0.137. The molecule has 0 aliphatic heterocycles. The van der Waals surface area contributed by atoms with Gasteiger partial charge in [0.2, 0.25) is 0 Å². The Morgan fingerprint density at radius 3 is 1.93 bits per heavy atom. The smallest absolute Gasteiger partial charge is 0.137 e. The fraction of sp³-hybridized carbons (Fsp3) is 0.0690. The summed E-state index contributed by atoms with van der Waals surface area (Å²) in [7, 11) is 0. The van der Waals surface area contributed by atoms with E-state index < -0.39 is 0 Å². The summed E-state index contributed by atoms with van der Waals surface area (Å²) in [5.41, 5.74) is 19.7. The fourth-order valence-electron chi connectivity index (χ4n) is 10.1. The molecule has 9 aromatic carbocycles. The number of anilines is 3. The Bertz CT molecular complexity index is 3500. The van der Waals surface area contributed by atoms with E-state index in [-0.39, 0.29) is 5.41 Å². The summed E-state index contributed by atoms with van der Waals surface area (Å²) in [6.45, 7) is 6.84. The van der Waals surface area contributed by atoms with Crippen molar-refractivity contribution in [1.29, 1.82) is 0 Å². The molecule has 0 fully saturated rings. The van der Waals surface area contributed by atoms with Crippen molar-refractivity contribution in [2.45, 2.75) is 26.2 Å². The number of aryl methyl sites for hydroxylation is 1. The number of aromatic nitrogens is 1. The van der Waals surface area contributed by atoms with Crippen molar-refractivity contribution < 1.29 is 4.42 Å². The first-order valence-corrected chi connectivity index (χ1v) is 21.2. The van der Waals surface area contributed by atoms with E-state index in [0.29, 0.717) is 0 Å². The molecule has 3 heteroatoms. The minimum atomic E-state index is -0.137. The van der Waals surface area contributed by atoms with Gasteiger partial charge in [-0.2, -0.15) is 0 Å². The molecule has 3 nitrogen and oxygen atoms in total. The van der Waals surface area contributed by atoms with Crippen LogP contribution < -0.4 is 4.90 Å². The van der Waals surface area contributed by atoms with Crippen LogP contribution in [0.5, 0.6) is 0 Å². The number of furan rings is 1. The number of hydrogen-bond donors (Lipinski definition) is 0. The van der Waals surface area contributed by atoms with Crippen molar-refractivity contribution in [1.82, 2.24) is 4.57 Å². The number of benzene rings is 9. The topological polar surface area (TPSA) is 21.3 Å². The van der Waals surface area contributed by atoms with Gasteiger partial charge in [-0.25, -0.2) is 0 Å². The van der Waals surface area contributed by atoms with Crippen molar-refractivity contribution in [3.05, 3.63) is 217 Å². The molecule has 0 unspecified atom stereocenters. The molecule has 0 N–H and O–H groups in total. The normalized spacial score (nSPS) is 13.0. The van der Waals surface area contributed by atoms with Crippen LogP contribution in [-0.4, -0.2) is 4.57 Å². The highest BCUT2D eigenvalue weighted by atomic mass is 16.3. The molecule has 1 aliphatic carbocycles. The summed E-state index contributed by atoms with van der Waals surface area (Å²) in [5, 5.41) is 4.65. The Morgan fingerprint density at radius 1 is 0.459 bits per heavy atom. The van der Waals surface area contributed by atoms with Crippen LogP contribution in [-0.2, 0) is 5.41 Å². The second-order valence-corrected chi connectivity index (χ2v) is 17.0. The highest BCUT2D eigenvalue weighted by Crippen LogP contribution is 2.55. The van der Waals surface area contributed by atoms with Crippen LogP contribution in [0.1, 0.15) is 30.5 Å². The summed E-state index contributed by atoms with van der Waals surface area (Å²) in [4.78, 5) is 2.46. The van der Waals surface area contributed by atoms with E-state index in [2.05, 4.69) is 230 Å². The Kier molecular flexibility index (Phi) is 7.79. The first kappa shape index (κ1) is 35.3. The zero-order chi connectivity index (χ0) is 40.8. The average Bonchev–Trinajstić information content (AvgIpc) is 3.93. The molecule has 12 rings (SSSR count). The maximum absolute atomic E-state index is 6.72. The van der Waals surface area contributed by atoms with Crippen LogP contribution in [0.3, 0.4) is 0 Å². The third-order valence-corrected chi connectivity index (χ3v) is 13.1. The van der Waals surface area contributed by atoms with Gasteiger partial charge in [0.1, 0.15) is 11.2 Å². The number of para-hydroxylation sites is 1. The molecular formula is C58H42N2O. The van der Waals surface area contributed by atoms with E-state index >= 15 is 0 Å². The van der Waals surface area contributed by atoms with Crippen LogP contribution in [0, 0.1) is 6.92 Å². The van der Waals surface area contributed by atoms with Crippen LogP contribution in [0.4, 0.5) is 17.1 Å². The van der Waals surface area contributed by atoms with E-state index in [9.17, 15) is 0 Å². The second-order valence-electron chi connectivity index (χ2n) is 17.0. The molecule has 0 atom stereocenters. The van der Waals surface area contributed by atoms with Gasteiger partial charge in [-0.1, -0.05) is 147 Å². The van der Waals surface area contributed by atoms with Crippen molar-refractivity contribution in [3.63, 3.8) is 0 Å². The highest BCUT2D eigenvalue weighted by molar-refractivity contribution is 6.16. The summed E-state index contributed by atoms with van der Waals surface area (Å²) in [6, 6.07) is 73.0. The second kappa shape index (κ2) is 13.5. The van der Waals surface area contributed by atoms with E-state index in [1.54, 1.807) is 0 Å². The molecule has 11 aromatic rings. The minimum Gasteiger partial charge on any atom is -0.456 e. The van der Waals surface area contributed by atoms with Gasteiger partial charge in [-0.15, -0.1) is 0 Å². The van der Waals surface area contributed by atoms with E-state index in [4.69, 9.17) is 4.42 Å². The van der Waals surface area contributed by atoms with Gasteiger partial charge in [-0.3, -0.25) is 0 Å². The molecule has 2 heterocycles. The van der Waals surface area contributed by atoms with Crippen LogP contribution in [0.15, 0.2) is 205 Å². The molecule has 0 amide bonds. The van der Waals surface area contributed by atoms with Gasteiger partial charge in [0.05, 0.1) is 27.8 Å². The van der Waals surface area contributed by atoms with E-state index in [1.165, 1.54) is 72.0 Å². The van der Waals surface area contributed by atoms with Crippen molar-refractivity contribution in [3.8, 4) is 39.1 Å². The molecule has 0 spiro atoms. The van der Waals surface area contributed by atoms with Gasteiger partial charge >= 0.3 is 0 Å². The molecule has 0 bridgehead atoms. The number of rotatable bonds is 6. The predicted molar refractivity (Wildman–Crippen MR) is 256 cm³/mol. The van der Waals surface area contributed by atoms with Crippen LogP contribution in [0.25, 0.3) is 82.8 Å². The van der Waals surface area contributed by atoms with Gasteiger partial charge < -0.3 is 13.9 Å². The lowest BCUT2D eigenvalue weighted by atomic mass is 9.82. The molecule has 2 aromatic heterocycles. The Labute approximate surface area is 355 Å². The number of hydrogen-bond acceptors (Lipinski definition) is 2. The molecular weight excluding hydrogens is 741 g/mol. The molecule has 0 saturated heterocycles. The van der Waals surface area contributed by atoms with Crippen LogP contribution >= 0.6 is 0 Å². The lowest BCUT2D eigenvalue weighted by Crippen LogP contribution is -2.16. The number of fused-ring (bicyclic) bond motifs is 9. The number of nitrogens with zero attached hydrogens (tertiary/aromatic N) is 2. The summed E-state index contributed by atoms with van der Waals surface area (Å²) >= 11 is 0. The standard InChI is InChI=1S/C58H42N2O/c1-37-23-29-42(30-24-37)59-50-19-10-8-15-44(50)46-35-40(27-33-51(46)59)41-28-34-54-47(36-41)57-53(21-12-22-55(57)61-54)60(43-31-25-39(26-32-43)38-13-5-4-6-14-38)52-20-11-18-49-56(52)45-16-7-9-17-48(45)58(49,2)3/h4-36H,1-3H3. The molecule has 290 valence electrons. The fourth-order valence-corrected chi connectivity index (χ4v) is 10.1. The largest absolute Gasteiger partial charge is 0.456 e. The zero-order valence-corrected chi connectivity index (χ0v) is 34.4. The van der Waals surface area contributed by atoms with Crippen LogP contribution in [0.2, 0.25) is 0 Å². The first-order chi connectivity index (χ1) is 29.9.